The van der Waals surface area contributed by atoms with Gasteiger partial charge in [0.1, 0.15) is 17.3 Å². The molecule has 7 heteroatoms. The van der Waals surface area contributed by atoms with Crippen molar-refractivity contribution in [1.29, 1.82) is 0 Å². The molecule has 32 heavy (non-hydrogen) atoms. The molecule has 1 unspecified atom stereocenters. The van der Waals surface area contributed by atoms with Crippen LogP contribution in [0.1, 0.15) is 24.1 Å². The molecule has 2 aliphatic heterocycles. The quantitative estimate of drug-likeness (QED) is 0.628. The molecule has 0 aromatic heterocycles. The highest BCUT2D eigenvalue weighted by atomic mass is 19.1. The number of hydrogen-bond acceptors (Lipinski definition) is 5. The number of ether oxygens (including phenoxy) is 1. The second-order valence-electron chi connectivity index (χ2n) is 7.72. The first-order chi connectivity index (χ1) is 15.6. The Morgan fingerprint density at radius 2 is 1.75 bits per heavy atom. The van der Waals surface area contributed by atoms with Gasteiger partial charge in [0.25, 0.3) is 0 Å². The van der Waals surface area contributed by atoms with Crippen LogP contribution in [0.3, 0.4) is 0 Å². The van der Waals surface area contributed by atoms with Gasteiger partial charge in [-0.25, -0.2) is 14.2 Å². The van der Waals surface area contributed by atoms with Gasteiger partial charge >= 0.3 is 5.97 Å². The van der Waals surface area contributed by atoms with Crippen molar-refractivity contribution in [3.8, 4) is 0 Å². The number of esters is 1. The molecule has 162 valence electrons. The van der Waals surface area contributed by atoms with Gasteiger partial charge in [-0.05, 0) is 48.4 Å². The van der Waals surface area contributed by atoms with E-state index < -0.39 is 29.3 Å². The normalized spacial score (nSPS) is 23.8. The van der Waals surface area contributed by atoms with Crippen molar-refractivity contribution in [2.24, 2.45) is 0 Å². The molecule has 1 spiro atoms. The van der Waals surface area contributed by atoms with Crippen molar-refractivity contribution in [1.82, 2.24) is 0 Å². The first kappa shape index (κ1) is 20.2. The summed E-state index contributed by atoms with van der Waals surface area (Å²) < 4.78 is 19.1. The first-order valence-electron chi connectivity index (χ1n) is 10.4. The van der Waals surface area contributed by atoms with Crippen molar-refractivity contribution in [2.75, 3.05) is 17.0 Å². The Labute approximate surface area is 184 Å². The number of hydroxylamine groups is 1. The summed E-state index contributed by atoms with van der Waals surface area (Å²) in [6.07, 6.45) is -1.23. The lowest BCUT2D eigenvalue weighted by Gasteiger charge is -2.33. The Balaban J connectivity index is 1.79. The van der Waals surface area contributed by atoms with Gasteiger partial charge in [-0.15, -0.1) is 0 Å². The summed E-state index contributed by atoms with van der Waals surface area (Å²) in [5, 5.41) is 4.48. The lowest BCUT2D eigenvalue weighted by atomic mass is 9.69. The predicted octanol–water partition coefficient (Wildman–Crippen LogP) is 4.14. The summed E-state index contributed by atoms with van der Waals surface area (Å²) in [6, 6.07) is 21.6. The third-order valence-electron chi connectivity index (χ3n) is 5.99. The van der Waals surface area contributed by atoms with E-state index in [-0.39, 0.29) is 12.5 Å². The van der Waals surface area contributed by atoms with E-state index in [1.807, 2.05) is 48.5 Å². The molecule has 6 nitrogen and oxygen atoms in total. The molecule has 3 aromatic carbocycles. The van der Waals surface area contributed by atoms with E-state index >= 15 is 0 Å². The number of carbonyl (C=O) groups is 2. The van der Waals surface area contributed by atoms with Crippen LogP contribution in [0.25, 0.3) is 0 Å². The first-order valence-corrected chi connectivity index (χ1v) is 10.4. The SMILES string of the molecule is CCOC(=O)[C@@H]1ON(c2ccccc2)[C@H](c2ccc(F)cc2)C12C(=O)Nc1ccccc12. The molecule has 0 saturated carbocycles. The van der Waals surface area contributed by atoms with E-state index in [0.717, 1.165) is 0 Å². The minimum atomic E-state index is -1.43. The number of rotatable bonds is 4. The molecule has 1 N–H and O–H groups in total. The van der Waals surface area contributed by atoms with E-state index in [0.29, 0.717) is 22.5 Å². The number of halogens is 1. The zero-order valence-corrected chi connectivity index (χ0v) is 17.3. The number of amides is 1. The van der Waals surface area contributed by atoms with Gasteiger partial charge in [-0.2, -0.15) is 0 Å². The molecule has 1 fully saturated rings. The predicted molar refractivity (Wildman–Crippen MR) is 116 cm³/mol. The Morgan fingerprint density at radius 3 is 2.47 bits per heavy atom. The van der Waals surface area contributed by atoms with Gasteiger partial charge in [-0.3, -0.25) is 9.63 Å². The molecule has 2 heterocycles. The second-order valence-corrected chi connectivity index (χ2v) is 7.72. The van der Waals surface area contributed by atoms with E-state index in [1.54, 1.807) is 30.2 Å². The topological polar surface area (TPSA) is 67.9 Å². The van der Waals surface area contributed by atoms with Gasteiger partial charge in [0, 0.05) is 5.69 Å². The second kappa shape index (κ2) is 7.76. The number of nitrogens with one attached hydrogen (secondary N) is 1. The number of fused-ring (bicyclic) bond motifs is 2. The summed E-state index contributed by atoms with van der Waals surface area (Å²) in [4.78, 5) is 33.1. The molecule has 5 rings (SSSR count). The average Bonchev–Trinajstić information content (AvgIpc) is 3.32. The van der Waals surface area contributed by atoms with Crippen LogP contribution in [-0.2, 0) is 24.6 Å². The monoisotopic (exact) mass is 432 g/mol. The van der Waals surface area contributed by atoms with Crippen molar-refractivity contribution in [3.63, 3.8) is 0 Å². The van der Waals surface area contributed by atoms with Crippen LogP contribution in [-0.4, -0.2) is 24.6 Å². The molecule has 0 bridgehead atoms. The molecule has 0 radical (unpaired) electrons. The van der Waals surface area contributed by atoms with E-state index in [1.165, 1.54) is 12.1 Å². The van der Waals surface area contributed by atoms with E-state index in [2.05, 4.69) is 5.32 Å². The average molecular weight is 432 g/mol. The van der Waals surface area contributed by atoms with Crippen LogP contribution >= 0.6 is 0 Å². The third-order valence-corrected chi connectivity index (χ3v) is 5.99. The van der Waals surface area contributed by atoms with Gasteiger partial charge in [0.2, 0.25) is 12.0 Å². The molecule has 3 aromatic rings. The van der Waals surface area contributed by atoms with Crippen molar-refractivity contribution in [3.05, 3.63) is 95.8 Å². The van der Waals surface area contributed by atoms with Crippen LogP contribution in [0, 0.1) is 5.82 Å². The Morgan fingerprint density at radius 1 is 1.06 bits per heavy atom. The highest BCUT2D eigenvalue weighted by Crippen LogP contribution is 2.57. The summed E-state index contributed by atoms with van der Waals surface area (Å²) in [5.41, 5.74) is 1.10. The van der Waals surface area contributed by atoms with Crippen molar-refractivity contribution >= 4 is 23.3 Å². The van der Waals surface area contributed by atoms with Gasteiger partial charge in [0.15, 0.2) is 0 Å². The Bertz CT molecular complexity index is 1170. The van der Waals surface area contributed by atoms with Gasteiger partial charge in [0.05, 0.1) is 12.3 Å². The number of para-hydroxylation sites is 2. The molecule has 1 amide bonds. The molecule has 1 saturated heterocycles. The fourth-order valence-corrected chi connectivity index (χ4v) is 4.69. The van der Waals surface area contributed by atoms with Crippen LogP contribution in [0.5, 0.6) is 0 Å². The minimum Gasteiger partial charge on any atom is -0.464 e. The number of carbonyl (C=O) groups excluding carboxylic acids is 2. The Kier molecular flexibility index (Phi) is 4.90. The summed E-state index contributed by atoms with van der Waals surface area (Å²) >= 11 is 0. The zero-order valence-electron chi connectivity index (χ0n) is 17.3. The molecular weight excluding hydrogens is 411 g/mol. The van der Waals surface area contributed by atoms with Gasteiger partial charge < -0.3 is 10.1 Å². The zero-order chi connectivity index (χ0) is 22.3. The molecule has 2 aliphatic rings. The number of anilines is 2. The fourth-order valence-electron chi connectivity index (χ4n) is 4.69. The minimum absolute atomic E-state index is 0.143. The van der Waals surface area contributed by atoms with Crippen molar-refractivity contribution in [2.45, 2.75) is 24.5 Å². The van der Waals surface area contributed by atoms with Crippen LogP contribution < -0.4 is 10.4 Å². The maximum atomic E-state index is 13.8. The maximum Gasteiger partial charge on any atom is 0.339 e. The smallest absolute Gasteiger partial charge is 0.339 e. The largest absolute Gasteiger partial charge is 0.464 e. The third kappa shape index (κ3) is 2.89. The number of benzene rings is 3. The maximum absolute atomic E-state index is 13.8. The Hall–Kier alpha value is -3.71. The molecule has 0 aliphatic carbocycles. The fraction of sp³-hybridized carbons (Fsp3) is 0.200. The highest BCUT2D eigenvalue weighted by molar-refractivity contribution is 6.11. The molecule has 3 atom stereocenters. The van der Waals surface area contributed by atoms with Crippen molar-refractivity contribution < 1.29 is 23.6 Å². The standard InChI is InChI=1S/C25H21FN2O4/c1-2-31-23(29)22-25(19-10-6-7-11-20(19)27-24(25)30)21(16-12-14-17(26)15-13-16)28(32-22)18-8-4-3-5-9-18/h3-15,21-22H,2H2,1H3,(H,27,30)/t21-,22+,25?/m1/s1. The summed E-state index contributed by atoms with van der Waals surface area (Å²) in [6.45, 7) is 1.85. The van der Waals surface area contributed by atoms with E-state index in [9.17, 15) is 14.0 Å². The lowest BCUT2D eigenvalue weighted by molar-refractivity contribution is -0.159. The van der Waals surface area contributed by atoms with Gasteiger partial charge in [-0.1, -0.05) is 48.5 Å². The highest BCUT2D eigenvalue weighted by Gasteiger charge is 2.68. The number of hydrogen-bond donors (Lipinski definition) is 1. The van der Waals surface area contributed by atoms with Crippen LogP contribution in [0.2, 0.25) is 0 Å². The van der Waals surface area contributed by atoms with Crippen LogP contribution in [0.4, 0.5) is 15.8 Å². The lowest BCUT2D eigenvalue weighted by Crippen LogP contribution is -2.50. The molecular formula is C25H21FN2O4. The number of nitrogens with zero attached hydrogens (tertiary/aromatic N) is 1. The summed E-state index contributed by atoms with van der Waals surface area (Å²) in [7, 11) is 0. The summed E-state index contributed by atoms with van der Waals surface area (Å²) in [5.74, 6) is -1.40. The van der Waals surface area contributed by atoms with E-state index in [4.69, 9.17) is 9.57 Å². The van der Waals surface area contributed by atoms with Crippen LogP contribution in [0.15, 0.2) is 78.9 Å².